The van der Waals surface area contributed by atoms with E-state index in [1.165, 1.54) is 25.7 Å². The molecule has 0 N–H and O–H groups in total. The Morgan fingerprint density at radius 3 is 3.08 bits per heavy atom. The average Bonchev–Trinajstić information content (AvgIpc) is 2.72. The zero-order valence-corrected chi connectivity index (χ0v) is 7.75. The molecule has 0 aliphatic heterocycles. The van der Waals surface area contributed by atoms with Crippen LogP contribution in [0.1, 0.15) is 32.1 Å². The van der Waals surface area contributed by atoms with Gasteiger partial charge in [-0.05, 0) is 43.4 Å². The maximum atomic E-state index is 11.6. The third-order valence-corrected chi connectivity index (χ3v) is 4.69. The van der Waals surface area contributed by atoms with Crippen molar-refractivity contribution in [2.75, 3.05) is 0 Å². The largest absolute Gasteiger partial charge is 0.299 e. The first-order valence-corrected chi connectivity index (χ1v) is 5.60. The van der Waals surface area contributed by atoms with Crippen LogP contribution in [0.2, 0.25) is 0 Å². The summed E-state index contributed by atoms with van der Waals surface area (Å²) in [5.41, 5.74) is 3.39. The van der Waals surface area contributed by atoms with E-state index in [-0.39, 0.29) is 0 Å². The summed E-state index contributed by atoms with van der Waals surface area (Å²) in [4.78, 5) is 11.6. The van der Waals surface area contributed by atoms with Gasteiger partial charge in [-0.1, -0.05) is 11.1 Å². The van der Waals surface area contributed by atoms with E-state index in [1.807, 2.05) is 0 Å². The summed E-state index contributed by atoms with van der Waals surface area (Å²) in [5.74, 6) is 3.66. The van der Waals surface area contributed by atoms with Gasteiger partial charge in [0, 0.05) is 12.3 Å². The second-order valence-electron chi connectivity index (χ2n) is 5.28. The topological polar surface area (TPSA) is 17.1 Å². The third-order valence-electron chi connectivity index (χ3n) is 4.69. The Kier molecular flexibility index (Phi) is 1.00. The van der Waals surface area contributed by atoms with Crippen molar-refractivity contribution >= 4 is 5.78 Å². The highest BCUT2D eigenvalue weighted by Crippen LogP contribution is 2.62. The molecule has 0 amide bonds. The highest BCUT2D eigenvalue weighted by molar-refractivity contribution is 5.89. The van der Waals surface area contributed by atoms with E-state index in [2.05, 4.69) is 0 Å². The van der Waals surface area contributed by atoms with Crippen LogP contribution in [0, 0.1) is 23.7 Å². The van der Waals surface area contributed by atoms with Crippen LogP contribution in [-0.4, -0.2) is 5.78 Å². The summed E-state index contributed by atoms with van der Waals surface area (Å²) in [7, 11) is 0. The Bertz CT molecular complexity index is 339. The van der Waals surface area contributed by atoms with E-state index in [9.17, 15) is 4.79 Å². The summed E-state index contributed by atoms with van der Waals surface area (Å²) in [6, 6.07) is 0. The Morgan fingerprint density at radius 2 is 2.15 bits per heavy atom. The van der Waals surface area contributed by atoms with Gasteiger partial charge in [0.2, 0.25) is 0 Å². The summed E-state index contributed by atoms with van der Waals surface area (Å²) >= 11 is 0. The van der Waals surface area contributed by atoms with Gasteiger partial charge in [0.25, 0.3) is 0 Å². The van der Waals surface area contributed by atoms with Gasteiger partial charge in [-0.25, -0.2) is 0 Å². The second-order valence-corrected chi connectivity index (χ2v) is 5.28. The number of carbonyl (C=O) groups excluding carboxylic acids is 1. The first kappa shape index (κ1) is 6.80. The molecule has 0 saturated heterocycles. The molecule has 2 saturated carbocycles. The molecule has 4 atom stereocenters. The molecule has 4 aliphatic rings. The molecule has 0 spiro atoms. The highest BCUT2D eigenvalue weighted by atomic mass is 16.1. The molecule has 4 aliphatic carbocycles. The van der Waals surface area contributed by atoms with Crippen molar-refractivity contribution < 1.29 is 4.79 Å². The number of ketones is 1. The van der Waals surface area contributed by atoms with Gasteiger partial charge in [-0.2, -0.15) is 0 Å². The lowest BCUT2D eigenvalue weighted by molar-refractivity contribution is -0.120. The number of hydrogen-bond acceptors (Lipinski definition) is 1. The lowest BCUT2D eigenvalue weighted by Gasteiger charge is -2.23. The Hall–Kier alpha value is -0.590. The number of hydrogen-bond donors (Lipinski definition) is 0. The van der Waals surface area contributed by atoms with E-state index < -0.39 is 0 Å². The summed E-state index contributed by atoms with van der Waals surface area (Å²) in [6.45, 7) is 0. The first-order valence-electron chi connectivity index (χ1n) is 5.60. The Labute approximate surface area is 78.2 Å². The van der Waals surface area contributed by atoms with Gasteiger partial charge in [0.05, 0.1) is 0 Å². The molecule has 0 aromatic heterocycles. The number of carbonyl (C=O) groups is 1. The molecule has 68 valence electrons. The zero-order valence-electron chi connectivity index (χ0n) is 7.75. The van der Waals surface area contributed by atoms with E-state index >= 15 is 0 Å². The molecular formula is C12H14O. The quantitative estimate of drug-likeness (QED) is 0.515. The highest BCUT2D eigenvalue weighted by Gasteiger charge is 2.54. The number of allylic oxidation sites excluding steroid dienone is 2. The van der Waals surface area contributed by atoms with E-state index in [4.69, 9.17) is 0 Å². The van der Waals surface area contributed by atoms with Crippen LogP contribution in [0.5, 0.6) is 0 Å². The Balaban J connectivity index is 1.85. The monoisotopic (exact) mass is 174 g/mol. The van der Waals surface area contributed by atoms with Crippen molar-refractivity contribution in [3.63, 3.8) is 0 Å². The molecule has 0 unspecified atom stereocenters. The lowest BCUT2D eigenvalue weighted by atomic mass is 9.82. The minimum atomic E-state index is 0.404. The smallest absolute Gasteiger partial charge is 0.140 e. The number of rotatable bonds is 0. The van der Waals surface area contributed by atoms with Crippen molar-refractivity contribution in [3.05, 3.63) is 11.1 Å². The van der Waals surface area contributed by atoms with Crippen LogP contribution >= 0.6 is 0 Å². The molecule has 13 heavy (non-hydrogen) atoms. The standard InChI is InChI=1S/C12H14O/c13-11-5-7-4-10(11)8-2-1-6-3-9(6)12(7)8/h6-7,9-10H,1-5H2/t6-,7+,9+,10+/m0/s1. The van der Waals surface area contributed by atoms with Crippen LogP contribution in [-0.2, 0) is 4.79 Å². The zero-order chi connectivity index (χ0) is 8.58. The average molecular weight is 174 g/mol. The normalized spacial score (nSPS) is 50.9. The maximum absolute atomic E-state index is 11.6. The van der Waals surface area contributed by atoms with Gasteiger partial charge >= 0.3 is 0 Å². The fourth-order valence-electron chi connectivity index (χ4n) is 4.07. The van der Waals surface area contributed by atoms with Crippen LogP contribution in [0.3, 0.4) is 0 Å². The van der Waals surface area contributed by atoms with Crippen molar-refractivity contribution in [1.82, 2.24) is 0 Å². The maximum Gasteiger partial charge on any atom is 0.140 e. The van der Waals surface area contributed by atoms with E-state index in [0.29, 0.717) is 17.6 Å². The predicted octanol–water partition coefficient (Wildman–Crippen LogP) is 2.32. The molecule has 0 aromatic carbocycles. The molecule has 0 radical (unpaired) electrons. The Morgan fingerprint density at radius 1 is 1.23 bits per heavy atom. The SMILES string of the molecule is O=C1C[C@H]2C[C@@H]1C1=C2[C@@H]2C[C@@H]2CC1. The molecule has 1 heteroatoms. The molecule has 0 heterocycles. The predicted molar refractivity (Wildman–Crippen MR) is 49.1 cm³/mol. The third kappa shape index (κ3) is 0.685. The van der Waals surface area contributed by atoms with Crippen LogP contribution in [0.25, 0.3) is 0 Å². The van der Waals surface area contributed by atoms with Gasteiger partial charge in [-0.3, -0.25) is 4.79 Å². The molecule has 4 rings (SSSR count). The van der Waals surface area contributed by atoms with Gasteiger partial charge in [0.15, 0.2) is 0 Å². The van der Waals surface area contributed by atoms with Gasteiger partial charge in [-0.15, -0.1) is 0 Å². The van der Waals surface area contributed by atoms with Crippen molar-refractivity contribution in [2.45, 2.75) is 32.1 Å². The number of Topliss-reactive ketones (excluding diaryl/α,β-unsaturated/α-hetero) is 1. The molecular weight excluding hydrogens is 160 g/mol. The minimum absolute atomic E-state index is 0.404. The lowest BCUT2D eigenvalue weighted by Crippen LogP contribution is -2.17. The minimum Gasteiger partial charge on any atom is -0.299 e. The fourth-order valence-corrected chi connectivity index (χ4v) is 4.07. The van der Waals surface area contributed by atoms with Gasteiger partial charge in [0.1, 0.15) is 5.78 Å². The van der Waals surface area contributed by atoms with Crippen LogP contribution in [0.4, 0.5) is 0 Å². The van der Waals surface area contributed by atoms with Crippen LogP contribution in [0.15, 0.2) is 11.1 Å². The first-order chi connectivity index (χ1) is 6.34. The van der Waals surface area contributed by atoms with Crippen molar-refractivity contribution in [1.29, 1.82) is 0 Å². The molecule has 0 aromatic rings. The van der Waals surface area contributed by atoms with Crippen molar-refractivity contribution in [2.24, 2.45) is 23.7 Å². The molecule has 1 nitrogen and oxygen atoms in total. The molecule has 2 bridgehead atoms. The number of fused-ring (bicyclic) bond motifs is 6. The van der Waals surface area contributed by atoms with Crippen LogP contribution < -0.4 is 0 Å². The second kappa shape index (κ2) is 1.92. The summed E-state index contributed by atoms with van der Waals surface area (Å²) in [5, 5.41) is 0. The summed E-state index contributed by atoms with van der Waals surface area (Å²) in [6.07, 6.45) is 6.21. The van der Waals surface area contributed by atoms with Gasteiger partial charge < -0.3 is 0 Å². The summed E-state index contributed by atoms with van der Waals surface area (Å²) < 4.78 is 0. The van der Waals surface area contributed by atoms with Crippen molar-refractivity contribution in [3.8, 4) is 0 Å². The van der Waals surface area contributed by atoms with E-state index in [0.717, 1.165) is 18.3 Å². The fraction of sp³-hybridized carbons (Fsp3) is 0.750. The van der Waals surface area contributed by atoms with E-state index in [1.54, 1.807) is 11.1 Å². The molecule has 2 fully saturated rings.